The Morgan fingerprint density at radius 2 is 1.86 bits per heavy atom. The van der Waals surface area contributed by atoms with Crippen molar-refractivity contribution in [2.75, 3.05) is 24.3 Å². The summed E-state index contributed by atoms with van der Waals surface area (Å²) in [6.07, 6.45) is 0.699. The number of rotatable bonds is 6. The molecule has 0 aliphatic carbocycles. The number of nitrogens with one attached hydrogen (secondary N) is 1. The van der Waals surface area contributed by atoms with Gasteiger partial charge in [-0.1, -0.05) is 36.4 Å². The number of carbonyl (C=O) groups is 1. The van der Waals surface area contributed by atoms with Crippen molar-refractivity contribution in [2.45, 2.75) is 13.3 Å². The maximum atomic E-state index is 11.8. The Balaban J connectivity index is 1.73. The number of hydrogen-bond acceptors (Lipinski definition) is 3. The molecule has 0 heterocycles. The Bertz CT molecular complexity index is 611. The third-order valence-electron chi connectivity index (χ3n) is 3.22. The number of hydrogen-bond donors (Lipinski definition) is 2. The topological polar surface area (TPSA) is 64.3 Å². The fourth-order valence-corrected chi connectivity index (χ4v) is 2.01. The van der Waals surface area contributed by atoms with E-state index in [0.29, 0.717) is 13.0 Å². The number of nitrogen functional groups attached to an aromatic ring is 1. The number of carbonyl (C=O) groups excluding carboxylic acids is 1. The molecule has 0 saturated heterocycles. The third kappa shape index (κ3) is 4.61. The molecule has 2 aromatic rings. The number of para-hydroxylation sites is 2. The van der Waals surface area contributed by atoms with E-state index in [1.807, 2.05) is 55.5 Å². The Morgan fingerprint density at radius 1 is 1.14 bits per heavy atom. The second-order valence-electron chi connectivity index (χ2n) is 4.86. The second kappa shape index (κ2) is 7.45. The van der Waals surface area contributed by atoms with E-state index in [4.69, 9.17) is 10.5 Å². The summed E-state index contributed by atoms with van der Waals surface area (Å²) in [4.78, 5) is 11.8. The summed E-state index contributed by atoms with van der Waals surface area (Å²) >= 11 is 0. The highest BCUT2D eigenvalue weighted by Crippen LogP contribution is 2.13. The summed E-state index contributed by atoms with van der Waals surface area (Å²) in [6, 6.07) is 15.3. The first kappa shape index (κ1) is 15.1. The van der Waals surface area contributed by atoms with Crippen molar-refractivity contribution in [2.24, 2.45) is 0 Å². The molecule has 4 nitrogen and oxygen atoms in total. The highest BCUT2D eigenvalue weighted by Gasteiger charge is 2.05. The molecule has 0 bridgehead atoms. The highest BCUT2D eigenvalue weighted by atomic mass is 16.5. The zero-order valence-electron chi connectivity index (χ0n) is 12.1. The molecule has 0 fully saturated rings. The average Bonchev–Trinajstić information content (AvgIpc) is 2.48. The van der Waals surface area contributed by atoms with Crippen LogP contribution in [-0.2, 0) is 16.0 Å². The lowest BCUT2D eigenvalue weighted by molar-refractivity contribution is -0.120. The van der Waals surface area contributed by atoms with E-state index in [2.05, 4.69) is 5.32 Å². The lowest BCUT2D eigenvalue weighted by atomic mass is 10.1. The Labute approximate surface area is 124 Å². The van der Waals surface area contributed by atoms with Crippen LogP contribution >= 0.6 is 0 Å². The molecule has 0 aromatic heterocycles. The Morgan fingerprint density at radius 3 is 2.62 bits per heavy atom. The smallest absolute Gasteiger partial charge is 0.250 e. The minimum atomic E-state index is -0.148. The highest BCUT2D eigenvalue weighted by molar-refractivity contribution is 5.92. The number of aryl methyl sites for hydroxylation is 1. The summed E-state index contributed by atoms with van der Waals surface area (Å²) in [5, 5.41) is 2.83. The van der Waals surface area contributed by atoms with Crippen molar-refractivity contribution in [3.63, 3.8) is 0 Å². The van der Waals surface area contributed by atoms with Gasteiger partial charge < -0.3 is 15.8 Å². The second-order valence-corrected chi connectivity index (χ2v) is 4.86. The molecule has 2 aromatic carbocycles. The average molecular weight is 284 g/mol. The molecule has 2 rings (SSSR count). The zero-order chi connectivity index (χ0) is 15.1. The van der Waals surface area contributed by atoms with Gasteiger partial charge in [0.1, 0.15) is 6.61 Å². The van der Waals surface area contributed by atoms with Crippen LogP contribution in [0, 0.1) is 6.92 Å². The minimum Gasteiger partial charge on any atom is -0.399 e. The molecule has 0 radical (unpaired) electrons. The van der Waals surface area contributed by atoms with Crippen molar-refractivity contribution >= 4 is 17.3 Å². The van der Waals surface area contributed by atoms with Crippen molar-refractivity contribution in [3.8, 4) is 0 Å². The van der Waals surface area contributed by atoms with Crippen LogP contribution in [0.25, 0.3) is 0 Å². The van der Waals surface area contributed by atoms with Crippen molar-refractivity contribution < 1.29 is 9.53 Å². The van der Waals surface area contributed by atoms with Crippen LogP contribution in [0.5, 0.6) is 0 Å². The van der Waals surface area contributed by atoms with Gasteiger partial charge in [-0.3, -0.25) is 4.79 Å². The van der Waals surface area contributed by atoms with Gasteiger partial charge in [0.05, 0.1) is 6.61 Å². The maximum absolute atomic E-state index is 11.8. The van der Waals surface area contributed by atoms with Crippen LogP contribution < -0.4 is 11.1 Å². The van der Waals surface area contributed by atoms with Crippen LogP contribution in [0.1, 0.15) is 11.1 Å². The van der Waals surface area contributed by atoms with Gasteiger partial charge in [0, 0.05) is 11.4 Å². The number of nitrogens with two attached hydrogens (primary N) is 1. The first-order valence-corrected chi connectivity index (χ1v) is 6.93. The third-order valence-corrected chi connectivity index (χ3v) is 3.22. The summed E-state index contributed by atoms with van der Waals surface area (Å²) in [6.45, 7) is 2.46. The van der Waals surface area contributed by atoms with Gasteiger partial charge in [-0.15, -0.1) is 0 Å². The molecule has 3 N–H and O–H groups in total. The van der Waals surface area contributed by atoms with Gasteiger partial charge in [-0.25, -0.2) is 0 Å². The lowest BCUT2D eigenvalue weighted by Gasteiger charge is -2.09. The van der Waals surface area contributed by atoms with E-state index in [1.165, 1.54) is 0 Å². The normalized spacial score (nSPS) is 10.3. The van der Waals surface area contributed by atoms with E-state index >= 15 is 0 Å². The van der Waals surface area contributed by atoms with Gasteiger partial charge in [-0.05, 0) is 36.6 Å². The van der Waals surface area contributed by atoms with E-state index in [0.717, 1.165) is 22.5 Å². The molecule has 1 amide bonds. The number of benzene rings is 2. The molecule has 0 atom stereocenters. The molecule has 0 saturated carbocycles. The van der Waals surface area contributed by atoms with Crippen molar-refractivity contribution in [1.82, 2.24) is 0 Å². The van der Waals surface area contributed by atoms with Crippen LogP contribution in [0.4, 0.5) is 11.4 Å². The predicted molar refractivity (Wildman–Crippen MR) is 85.2 cm³/mol. The zero-order valence-corrected chi connectivity index (χ0v) is 12.1. The van der Waals surface area contributed by atoms with Crippen LogP contribution in [0.2, 0.25) is 0 Å². The van der Waals surface area contributed by atoms with Gasteiger partial charge >= 0.3 is 0 Å². The Kier molecular flexibility index (Phi) is 5.35. The molecule has 0 aliphatic rings. The van der Waals surface area contributed by atoms with E-state index in [9.17, 15) is 4.79 Å². The summed E-state index contributed by atoms with van der Waals surface area (Å²) in [5.41, 5.74) is 9.49. The molecule has 21 heavy (non-hydrogen) atoms. The van der Waals surface area contributed by atoms with Gasteiger partial charge in [0.2, 0.25) is 5.91 Å². The standard InChI is InChI=1S/C17H20N2O2/c1-13-6-2-5-9-16(13)19-17(20)12-21-11-10-14-7-3-4-8-15(14)18/h2-9H,10-12,18H2,1H3,(H,19,20). The first-order valence-electron chi connectivity index (χ1n) is 6.93. The quantitative estimate of drug-likeness (QED) is 0.633. The summed E-state index contributed by atoms with van der Waals surface area (Å²) in [7, 11) is 0. The fraction of sp³-hybridized carbons (Fsp3) is 0.235. The fourth-order valence-electron chi connectivity index (χ4n) is 2.01. The predicted octanol–water partition coefficient (Wildman–Crippen LogP) is 2.78. The molecular weight excluding hydrogens is 264 g/mol. The van der Waals surface area contributed by atoms with Gasteiger partial charge in [0.15, 0.2) is 0 Å². The minimum absolute atomic E-state index is 0.0427. The SMILES string of the molecule is Cc1ccccc1NC(=O)COCCc1ccccc1N. The van der Waals surface area contributed by atoms with Crippen molar-refractivity contribution in [1.29, 1.82) is 0 Å². The van der Waals surface area contributed by atoms with Gasteiger partial charge in [0.25, 0.3) is 0 Å². The van der Waals surface area contributed by atoms with Crippen LogP contribution in [0.3, 0.4) is 0 Å². The maximum Gasteiger partial charge on any atom is 0.250 e. The molecule has 0 unspecified atom stereocenters. The summed E-state index contributed by atoms with van der Waals surface area (Å²) < 4.78 is 5.40. The number of ether oxygens (including phenoxy) is 1. The van der Waals surface area contributed by atoms with E-state index in [1.54, 1.807) is 0 Å². The largest absolute Gasteiger partial charge is 0.399 e. The van der Waals surface area contributed by atoms with Crippen LogP contribution in [-0.4, -0.2) is 19.1 Å². The first-order chi connectivity index (χ1) is 10.2. The monoisotopic (exact) mass is 284 g/mol. The molecule has 4 heteroatoms. The van der Waals surface area contributed by atoms with E-state index < -0.39 is 0 Å². The molecule has 0 aliphatic heterocycles. The molecule has 0 spiro atoms. The number of amides is 1. The van der Waals surface area contributed by atoms with E-state index in [-0.39, 0.29) is 12.5 Å². The Hall–Kier alpha value is -2.33. The number of anilines is 2. The van der Waals surface area contributed by atoms with Crippen LogP contribution in [0.15, 0.2) is 48.5 Å². The summed E-state index contributed by atoms with van der Waals surface area (Å²) in [5.74, 6) is -0.148. The molecular formula is C17H20N2O2. The lowest BCUT2D eigenvalue weighted by Crippen LogP contribution is -2.19. The van der Waals surface area contributed by atoms with Crippen molar-refractivity contribution in [3.05, 3.63) is 59.7 Å². The van der Waals surface area contributed by atoms with Gasteiger partial charge in [-0.2, -0.15) is 0 Å². The molecule has 110 valence electrons.